The highest BCUT2D eigenvalue weighted by Gasteiger charge is 2.18. The first-order valence-electron chi connectivity index (χ1n) is 6.44. The van der Waals surface area contributed by atoms with E-state index in [2.05, 4.69) is 10.4 Å². The predicted molar refractivity (Wildman–Crippen MR) is 79.6 cm³/mol. The maximum absolute atomic E-state index is 14.0. The summed E-state index contributed by atoms with van der Waals surface area (Å²) < 4.78 is 28.0. The van der Waals surface area contributed by atoms with Crippen molar-refractivity contribution in [3.63, 3.8) is 0 Å². The molecule has 3 rings (SSSR count). The average Bonchev–Trinajstić information content (AvgIpc) is 2.51. The first-order valence-corrected chi connectivity index (χ1v) is 6.44. The number of hydrazine groups is 1. The van der Waals surface area contributed by atoms with Gasteiger partial charge >= 0.3 is 0 Å². The van der Waals surface area contributed by atoms with Gasteiger partial charge in [0, 0.05) is 11.1 Å². The van der Waals surface area contributed by atoms with Gasteiger partial charge in [0.1, 0.15) is 17.2 Å². The second-order valence-electron chi connectivity index (χ2n) is 4.72. The van der Waals surface area contributed by atoms with Crippen molar-refractivity contribution in [2.45, 2.75) is 6.92 Å². The van der Waals surface area contributed by atoms with Crippen LogP contribution in [0.25, 0.3) is 22.2 Å². The smallest absolute Gasteiger partial charge is 0.149 e. The van der Waals surface area contributed by atoms with Crippen LogP contribution in [0, 0.1) is 18.6 Å². The van der Waals surface area contributed by atoms with Crippen LogP contribution in [0.15, 0.2) is 42.5 Å². The molecule has 106 valence electrons. The first-order chi connectivity index (χ1) is 10.1. The molecule has 3 aromatic rings. The van der Waals surface area contributed by atoms with Gasteiger partial charge < -0.3 is 5.43 Å². The van der Waals surface area contributed by atoms with Crippen LogP contribution in [-0.4, -0.2) is 4.98 Å². The van der Waals surface area contributed by atoms with Crippen molar-refractivity contribution < 1.29 is 8.78 Å². The van der Waals surface area contributed by atoms with Gasteiger partial charge in [0.15, 0.2) is 0 Å². The largest absolute Gasteiger partial charge is 0.323 e. The standard InChI is InChI=1S/C16H13F2N3/c1-9-14(10-5-3-2-4-6-10)20-16-12(18)8-7-11(17)13(16)15(9)21-19/h2-8H,19H2,1H3,(H,20,21). The molecule has 5 heteroatoms. The summed E-state index contributed by atoms with van der Waals surface area (Å²) in [4.78, 5) is 4.30. The molecule has 0 saturated carbocycles. The normalized spacial score (nSPS) is 10.9. The highest BCUT2D eigenvalue weighted by Crippen LogP contribution is 2.35. The number of rotatable bonds is 2. The molecule has 1 heterocycles. The minimum Gasteiger partial charge on any atom is -0.323 e. The molecular formula is C16H13F2N3. The molecule has 0 aliphatic heterocycles. The van der Waals surface area contributed by atoms with E-state index in [1.165, 1.54) is 0 Å². The van der Waals surface area contributed by atoms with Gasteiger partial charge in [-0.1, -0.05) is 30.3 Å². The molecule has 0 amide bonds. The molecule has 0 spiro atoms. The van der Waals surface area contributed by atoms with Gasteiger partial charge in [-0.05, 0) is 19.1 Å². The minimum absolute atomic E-state index is 0.0348. The summed E-state index contributed by atoms with van der Waals surface area (Å²) in [6.07, 6.45) is 0. The number of anilines is 1. The number of nitrogen functional groups attached to an aromatic ring is 1. The Balaban J connectivity index is 2.44. The SMILES string of the molecule is Cc1c(-c2ccccc2)nc2c(F)ccc(F)c2c1NN. The molecule has 0 aliphatic carbocycles. The molecular weight excluding hydrogens is 272 g/mol. The summed E-state index contributed by atoms with van der Waals surface area (Å²) in [5.74, 6) is 4.37. The Hall–Kier alpha value is -2.53. The van der Waals surface area contributed by atoms with E-state index >= 15 is 0 Å². The number of nitrogens with one attached hydrogen (secondary N) is 1. The summed E-state index contributed by atoms with van der Waals surface area (Å²) in [7, 11) is 0. The highest BCUT2D eigenvalue weighted by atomic mass is 19.1. The number of nitrogens with two attached hydrogens (primary N) is 1. The molecule has 0 aliphatic rings. The third kappa shape index (κ3) is 2.11. The van der Waals surface area contributed by atoms with E-state index in [0.717, 1.165) is 17.7 Å². The van der Waals surface area contributed by atoms with Gasteiger partial charge in [-0.25, -0.2) is 13.8 Å². The fraction of sp³-hybridized carbons (Fsp3) is 0.0625. The number of pyridine rings is 1. The van der Waals surface area contributed by atoms with E-state index in [-0.39, 0.29) is 10.9 Å². The van der Waals surface area contributed by atoms with Crippen molar-refractivity contribution in [2.24, 2.45) is 5.84 Å². The zero-order valence-electron chi connectivity index (χ0n) is 11.3. The quantitative estimate of drug-likeness (QED) is 0.556. The summed E-state index contributed by atoms with van der Waals surface area (Å²) in [6, 6.07) is 11.5. The van der Waals surface area contributed by atoms with E-state index in [9.17, 15) is 8.78 Å². The highest BCUT2D eigenvalue weighted by molar-refractivity contribution is 5.96. The number of hydrogen-bond donors (Lipinski definition) is 2. The third-order valence-electron chi connectivity index (χ3n) is 3.47. The van der Waals surface area contributed by atoms with Crippen molar-refractivity contribution in [1.82, 2.24) is 4.98 Å². The molecule has 0 bridgehead atoms. The molecule has 3 nitrogen and oxygen atoms in total. The Labute approximate surface area is 120 Å². The molecule has 0 radical (unpaired) electrons. The molecule has 2 aromatic carbocycles. The van der Waals surface area contributed by atoms with Gasteiger partial charge in [-0.15, -0.1) is 0 Å². The Morgan fingerprint density at radius 3 is 2.33 bits per heavy atom. The second kappa shape index (κ2) is 5.10. The Bertz CT molecular complexity index is 817. The predicted octanol–water partition coefficient (Wildman–Crippen LogP) is 3.77. The molecule has 0 unspecified atom stereocenters. The number of fused-ring (bicyclic) bond motifs is 1. The molecule has 21 heavy (non-hydrogen) atoms. The van der Waals surface area contributed by atoms with Gasteiger partial charge in [0.05, 0.1) is 16.8 Å². The van der Waals surface area contributed by atoms with E-state index in [1.807, 2.05) is 30.3 Å². The number of aromatic nitrogens is 1. The maximum atomic E-state index is 14.0. The van der Waals surface area contributed by atoms with Crippen molar-refractivity contribution >= 4 is 16.6 Å². The Morgan fingerprint density at radius 1 is 1.00 bits per heavy atom. The zero-order valence-corrected chi connectivity index (χ0v) is 11.3. The lowest BCUT2D eigenvalue weighted by Crippen LogP contribution is -2.11. The number of hydrogen-bond acceptors (Lipinski definition) is 3. The topological polar surface area (TPSA) is 50.9 Å². The molecule has 1 aromatic heterocycles. The van der Waals surface area contributed by atoms with Crippen LogP contribution in [0.3, 0.4) is 0 Å². The molecule has 3 N–H and O–H groups in total. The van der Waals surface area contributed by atoms with Crippen LogP contribution >= 0.6 is 0 Å². The Morgan fingerprint density at radius 2 is 1.67 bits per heavy atom. The average molecular weight is 285 g/mol. The van der Waals surface area contributed by atoms with Crippen LogP contribution < -0.4 is 11.3 Å². The summed E-state index contributed by atoms with van der Waals surface area (Å²) in [5.41, 5.74) is 4.83. The molecule has 0 fully saturated rings. The first kappa shape index (κ1) is 13.5. The number of nitrogens with zero attached hydrogens (tertiary/aromatic N) is 1. The van der Waals surface area contributed by atoms with Crippen LogP contribution in [0.4, 0.5) is 14.5 Å². The molecule has 0 saturated heterocycles. The fourth-order valence-corrected chi connectivity index (χ4v) is 2.45. The maximum Gasteiger partial charge on any atom is 0.149 e. The second-order valence-corrected chi connectivity index (χ2v) is 4.72. The zero-order chi connectivity index (χ0) is 15.0. The van der Waals surface area contributed by atoms with Crippen LogP contribution in [0.1, 0.15) is 5.56 Å². The Kier molecular flexibility index (Phi) is 3.27. The summed E-state index contributed by atoms with van der Waals surface area (Å²) in [6.45, 7) is 1.77. The summed E-state index contributed by atoms with van der Waals surface area (Å²) in [5, 5.41) is 0.0645. The van der Waals surface area contributed by atoms with E-state index in [0.29, 0.717) is 16.9 Å². The summed E-state index contributed by atoms with van der Waals surface area (Å²) >= 11 is 0. The van der Waals surface area contributed by atoms with E-state index in [4.69, 9.17) is 5.84 Å². The van der Waals surface area contributed by atoms with Gasteiger partial charge in [-0.2, -0.15) is 0 Å². The number of halogens is 2. The lowest BCUT2D eigenvalue weighted by Gasteiger charge is -2.15. The van der Waals surface area contributed by atoms with Crippen molar-refractivity contribution in [3.05, 3.63) is 59.7 Å². The van der Waals surface area contributed by atoms with Crippen molar-refractivity contribution in [1.29, 1.82) is 0 Å². The van der Waals surface area contributed by atoms with Crippen LogP contribution in [-0.2, 0) is 0 Å². The van der Waals surface area contributed by atoms with Crippen molar-refractivity contribution in [3.8, 4) is 11.3 Å². The lowest BCUT2D eigenvalue weighted by atomic mass is 10.0. The molecule has 0 atom stereocenters. The third-order valence-corrected chi connectivity index (χ3v) is 3.47. The minimum atomic E-state index is -0.583. The van der Waals surface area contributed by atoms with Crippen LogP contribution in [0.5, 0.6) is 0 Å². The number of benzene rings is 2. The van der Waals surface area contributed by atoms with Crippen molar-refractivity contribution in [2.75, 3.05) is 5.43 Å². The lowest BCUT2D eigenvalue weighted by molar-refractivity contribution is 0.615. The van der Waals surface area contributed by atoms with E-state index < -0.39 is 11.6 Å². The van der Waals surface area contributed by atoms with Gasteiger partial charge in [-0.3, -0.25) is 5.84 Å². The van der Waals surface area contributed by atoms with Gasteiger partial charge in [0.2, 0.25) is 0 Å². The van der Waals surface area contributed by atoms with Gasteiger partial charge in [0.25, 0.3) is 0 Å². The van der Waals surface area contributed by atoms with E-state index in [1.54, 1.807) is 6.92 Å². The van der Waals surface area contributed by atoms with Crippen LogP contribution in [0.2, 0.25) is 0 Å². The fourth-order valence-electron chi connectivity index (χ4n) is 2.45. The monoisotopic (exact) mass is 285 g/mol.